The first kappa shape index (κ1) is 14.9. The Morgan fingerprint density at radius 1 is 0.720 bits per heavy atom. The van der Waals surface area contributed by atoms with E-state index in [0.717, 1.165) is 24.3 Å². The second-order valence-electron chi connectivity index (χ2n) is 6.47. The monoisotopic (exact) mass is 346 g/mol. The van der Waals surface area contributed by atoms with Crippen molar-refractivity contribution in [3.05, 3.63) is 89.5 Å². The molecule has 0 bridgehead atoms. The van der Waals surface area contributed by atoms with Gasteiger partial charge in [-0.15, -0.1) is 0 Å². The third kappa shape index (κ3) is 2.89. The fraction of sp³-hybridized carbons (Fsp3) is 0.182. The molecule has 0 saturated heterocycles. The molecule has 2 nitrogen and oxygen atoms in total. The highest BCUT2D eigenvalue weighted by molar-refractivity contribution is 7.99. The molecule has 0 fully saturated rings. The van der Waals surface area contributed by atoms with Crippen molar-refractivity contribution in [2.75, 3.05) is 0 Å². The second kappa shape index (κ2) is 6.16. The highest BCUT2D eigenvalue weighted by Crippen LogP contribution is 2.44. The predicted molar refractivity (Wildman–Crippen MR) is 100 cm³/mol. The van der Waals surface area contributed by atoms with Crippen LogP contribution in [0.3, 0.4) is 0 Å². The minimum atomic E-state index is 0.119. The maximum atomic E-state index is 6.21. The predicted octanol–water partition coefficient (Wildman–Crippen LogP) is 5.42. The van der Waals surface area contributed by atoms with Gasteiger partial charge in [0.1, 0.15) is 17.6 Å². The van der Waals surface area contributed by atoms with E-state index in [1.165, 1.54) is 21.6 Å². The number of fused-ring (bicyclic) bond motifs is 2. The van der Waals surface area contributed by atoms with Gasteiger partial charge in [0.05, 0.1) is 0 Å². The molecule has 2 aliphatic rings. The van der Waals surface area contributed by atoms with Gasteiger partial charge >= 0.3 is 0 Å². The average molecular weight is 346 g/mol. The molecular formula is C22H18O2S. The van der Waals surface area contributed by atoms with Crippen molar-refractivity contribution in [1.82, 2.24) is 0 Å². The van der Waals surface area contributed by atoms with Crippen LogP contribution in [0.15, 0.2) is 77.7 Å². The van der Waals surface area contributed by atoms with E-state index < -0.39 is 0 Å². The van der Waals surface area contributed by atoms with Crippen LogP contribution in [0.1, 0.15) is 22.8 Å². The van der Waals surface area contributed by atoms with E-state index in [2.05, 4.69) is 60.7 Å². The normalized spacial score (nSPS) is 20.5. The molecule has 2 heterocycles. The van der Waals surface area contributed by atoms with Crippen LogP contribution in [0.4, 0.5) is 0 Å². The summed E-state index contributed by atoms with van der Waals surface area (Å²) in [6.45, 7) is 0. The molecule has 2 aliphatic heterocycles. The molecule has 2 atom stereocenters. The van der Waals surface area contributed by atoms with E-state index in [0.29, 0.717) is 0 Å². The Labute approximate surface area is 151 Å². The van der Waals surface area contributed by atoms with Crippen LogP contribution in [0.5, 0.6) is 11.5 Å². The van der Waals surface area contributed by atoms with Crippen molar-refractivity contribution in [3.8, 4) is 11.5 Å². The Balaban J connectivity index is 1.33. The molecule has 2 unspecified atom stereocenters. The molecule has 0 saturated carbocycles. The standard InChI is InChI=1S/C22H18O2S/c1-3-7-15(8-4-1)19-11-16-12-21-17(13-20(16)23-19)14-22(24-21)25-18-9-5-2-6-10-18/h1-10,12-13,19,22H,11,14H2. The quantitative estimate of drug-likeness (QED) is 0.631. The minimum absolute atomic E-state index is 0.119. The Bertz CT molecular complexity index is 858. The number of ether oxygens (including phenoxy) is 2. The van der Waals surface area contributed by atoms with Gasteiger partial charge in [-0.1, -0.05) is 60.3 Å². The molecule has 124 valence electrons. The first-order valence-corrected chi connectivity index (χ1v) is 9.49. The van der Waals surface area contributed by atoms with Crippen LogP contribution in [0.25, 0.3) is 0 Å². The van der Waals surface area contributed by atoms with Gasteiger partial charge in [0.2, 0.25) is 0 Å². The lowest BCUT2D eigenvalue weighted by atomic mass is 10.0. The first-order valence-electron chi connectivity index (χ1n) is 8.61. The molecule has 3 aromatic rings. The van der Waals surface area contributed by atoms with Crippen LogP contribution < -0.4 is 9.47 Å². The Morgan fingerprint density at radius 3 is 2.12 bits per heavy atom. The van der Waals surface area contributed by atoms with Gasteiger partial charge in [0, 0.05) is 28.9 Å². The molecule has 0 amide bonds. The van der Waals surface area contributed by atoms with E-state index in [-0.39, 0.29) is 11.5 Å². The number of hydrogen-bond acceptors (Lipinski definition) is 3. The maximum absolute atomic E-state index is 6.21. The number of hydrogen-bond donors (Lipinski definition) is 0. The van der Waals surface area contributed by atoms with Gasteiger partial charge in [-0.3, -0.25) is 0 Å². The number of thioether (sulfide) groups is 1. The Morgan fingerprint density at radius 2 is 1.36 bits per heavy atom. The first-order chi connectivity index (χ1) is 12.3. The maximum Gasteiger partial charge on any atom is 0.153 e. The smallest absolute Gasteiger partial charge is 0.153 e. The summed E-state index contributed by atoms with van der Waals surface area (Å²) in [7, 11) is 0. The van der Waals surface area contributed by atoms with Crippen LogP contribution in [-0.4, -0.2) is 5.44 Å². The molecular weight excluding hydrogens is 328 g/mol. The fourth-order valence-electron chi connectivity index (χ4n) is 3.51. The molecule has 5 rings (SSSR count). The summed E-state index contributed by atoms with van der Waals surface area (Å²) in [6.07, 6.45) is 1.95. The fourth-order valence-corrected chi connectivity index (χ4v) is 4.54. The topological polar surface area (TPSA) is 18.5 Å². The molecule has 0 radical (unpaired) electrons. The molecule has 3 heteroatoms. The zero-order valence-electron chi connectivity index (χ0n) is 13.7. The van der Waals surface area contributed by atoms with Gasteiger partial charge in [0.15, 0.2) is 5.44 Å². The lowest BCUT2D eigenvalue weighted by Crippen LogP contribution is -2.06. The van der Waals surface area contributed by atoms with Gasteiger partial charge in [-0.2, -0.15) is 0 Å². The zero-order valence-corrected chi connectivity index (χ0v) is 14.5. The minimum Gasteiger partial charge on any atom is -0.485 e. The average Bonchev–Trinajstić information content (AvgIpc) is 3.23. The van der Waals surface area contributed by atoms with Crippen LogP contribution in [0.2, 0.25) is 0 Å². The molecule has 0 aromatic heterocycles. The SMILES string of the molecule is c1ccc(SC2Cc3cc4c(cc3O2)CC(c2ccccc2)O4)cc1. The molecule has 0 N–H and O–H groups in total. The van der Waals surface area contributed by atoms with E-state index >= 15 is 0 Å². The van der Waals surface area contributed by atoms with Crippen molar-refractivity contribution in [1.29, 1.82) is 0 Å². The van der Waals surface area contributed by atoms with Crippen molar-refractivity contribution >= 4 is 11.8 Å². The number of rotatable bonds is 3. The highest BCUT2D eigenvalue weighted by atomic mass is 32.2. The highest BCUT2D eigenvalue weighted by Gasteiger charge is 2.30. The van der Waals surface area contributed by atoms with E-state index in [1.807, 2.05) is 12.1 Å². The van der Waals surface area contributed by atoms with E-state index in [1.54, 1.807) is 11.8 Å². The third-order valence-corrected chi connectivity index (χ3v) is 5.82. The van der Waals surface area contributed by atoms with Crippen molar-refractivity contribution in [2.45, 2.75) is 29.3 Å². The molecule has 0 aliphatic carbocycles. The van der Waals surface area contributed by atoms with Gasteiger partial charge < -0.3 is 9.47 Å². The largest absolute Gasteiger partial charge is 0.485 e. The van der Waals surface area contributed by atoms with Crippen molar-refractivity contribution in [2.24, 2.45) is 0 Å². The summed E-state index contributed by atoms with van der Waals surface area (Å²) in [5, 5.41) is 0. The van der Waals surface area contributed by atoms with Crippen LogP contribution in [-0.2, 0) is 12.8 Å². The summed E-state index contributed by atoms with van der Waals surface area (Å²) in [6, 6.07) is 25.2. The third-order valence-electron chi connectivity index (χ3n) is 4.75. The Kier molecular flexibility index (Phi) is 3.67. The van der Waals surface area contributed by atoms with E-state index in [4.69, 9.17) is 9.47 Å². The lowest BCUT2D eigenvalue weighted by molar-refractivity contribution is 0.238. The lowest BCUT2D eigenvalue weighted by Gasteiger charge is -2.10. The molecule has 3 aromatic carbocycles. The summed E-state index contributed by atoms with van der Waals surface area (Å²) in [4.78, 5) is 1.24. The van der Waals surface area contributed by atoms with Gasteiger partial charge in [-0.05, 0) is 29.8 Å². The van der Waals surface area contributed by atoms with Crippen LogP contribution in [0, 0.1) is 0 Å². The summed E-state index contributed by atoms with van der Waals surface area (Å²) in [5.74, 6) is 2.03. The zero-order chi connectivity index (χ0) is 16.6. The summed E-state index contributed by atoms with van der Waals surface area (Å²) in [5.41, 5.74) is 3.88. The Hall–Kier alpha value is -2.39. The second-order valence-corrected chi connectivity index (χ2v) is 7.70. The molecule has 25 heavy (non-hydrogen) atoms. The number of benzene rings is 3. The van der Waals surface area contributed by atoms with Crippen molar-refractivity contribution < 1.29 is 9.47 Å². The summed E-state index contributed by atoms with van der Waals surface area (Å²) >= 11 is 1.78. The van der Waals surface area contributed by atoms with Gasteiger partial charge in [-0.25, -0.2) is 0 Å². The van der Waals surface area contributed by atoms with E-state index in [9.17, 15) is 0 Å². The molecule has 0 spiro atoms. The summed E-state index contributed by atoms with van der Waals surface area (Å²) < 4.78 is 12.4. The van der Waals surface area contributed by atoms with Crippen molar-refractivity contribution in [3.63, 3.8) is 0 Å². The van der Waals surface area contributed by atoms with Crippen LogP contribution >= 0.6 is 11.8 Å². The van der Waals surface area contributed by atoms with Gasteiger partial charge in [0.25, 0.3) is 0 Å².